The van der Waals surface area contributed by atoms with E-state index in [1.807, 2.05) is 24.4 Å². The second-order valence-corrected chi connectivity index (χ2v) is 7.12. The summed E-state index contributed by atoms with van der Waals surface area (Å²) in [5, 5.41) is 13.2. The Morgan fingerprint density at radius 3 is 2.84 bits per heavy atom. The van der Waals surface area contributed by atoms with Gasteiger partial charge in [-0.05, 0) is 36.1 Å². The molecular weight excluding hydrogens is 359 g/mol. The van der Waals surface area contributed by atoms with Gasteiger partial charge in [-0.1, -0.05) is 30.0 Å². The van der Waals surface area contributed by atoms with Gasteiger partial charge in [0.15, 0.2) is 0 Å². The Labute approximate surface area is 152 Å². The molecule has 0 aliphatic heterocycles. The topological polar surface area (TPSA) is 67.8 Å². The average Bonchev–Trinajstić information content (AvgIpc) is 3.15. The standard InChI is InChI=1S/C17H15FN4OS2/c1-11(12-4-6-13(18)7-5-12)20-16(23)10-25-17-21-14(9-19-22-17)15-3-2-8-24-15/h2-9,11H,10H2,1H3,(H,20,23)/t11-/m1/s1. The van der Waals surface area contributed by atoms with Gasteiger partial charge in [0.05, 0.1) is 22.9 Å². The predicted octanol–water partition coefficient (Wildman–Crippen LogP) is 3.71. The molecule has 2 aromatic heterocycles. The van der Waals surface area contributed by atoms with Crippen LogP contribution in [0.25, 0.3) is 10.6 Å². The SMILES string of the molecule is C[C@@H](NC(=O)CSc1nncc(-c2cccs2)n1)c1ccc(F)cc1. The van der Waals surface area contributed by atoms with E-state index >= 15 is 0 Å². The van der Waals surface area contributed by atoms with Crippen LogP contribution >= 0.6 is 23.1 Å². The highest BCUT2D eigenvalue weighted by Gasteiger charge is 2.12. The van der Waals surface area contributed by atoms with E-state index in [4.69, 9.17) is 0 Å². The Hall–Kier alpha value is -2.32. The average molecular weight is 374 g/mol. The largest absolute Gasteiger partial charge is 0.349 e. The maximum absolute atomic E-state index is 12.9. The van der Waals surface area contributed by atoms with Crippen LogP contribution in [0.2, 0.25) is 0 Å². The third kappa shape index (κ3) is 4.83. The molecule has 0 spiro atoms. The molecule has 0 bridgehead atoms. The van der Waals surface area contributed by atoms with E-state index in [1.165, 1.54) is 23.9 Å². The molecule has 1 aromatic carbocycles. The normalized spacial score (nSPS) is 11.9. The number of halogens is 1. The van der Waals surface area contributed by atoms with E-state index in [1.54, 1.807) is 29.7 Å². The molecule has 0 saturated heterocycles. The van der Waals surface area contributed by atoms with Crippen molar-refractivity contribution in [3.63, 3.8) is 0 Å². The van der Waals surface area contributed by atoms with Crippen molar-refractivity contribution in [2.24, 2.45) is 0 Å². The molecule has 8 heteroatoms. The Balaban J connectivity index is 1.55. The zero-order chi connectivity index (χ0) is 17.6. The predicted molar refractivity (Wildman–Crippen MR) is 96.8 cm³/mol. The number of thioether (sulfide) groups is 1. The number of carbonyl (C=O) groups excluding carboxylic acids is 1. The number of benzene rings is 1. The van der Waals surface area contributed by atoms with Gasteiger partial charge in [-0.25, -0.2) is 9.37 Å². The van der Waals surface area contributed by atoms with E-state index in [9.17, 15) is 9.18 Å². The Kier molecular flexibility index (Phi) is 5.72. The van der Waals surface area contributed by atoms with Crippen molar-refractivity contribution in [3.8, 4) is 10.6 Å². The van der Waals surface area contributed by atoms with Gasteiger partial charge in [-0.3, -0.25) is 4.79 Å². The highest BCUT2D eigenvalue weighted by Crippen LogP contribution is 2.23. The third-order valence-corrected chi connectivity index (χ3v) is 5.12. The lowest BCUT2D eigenvalue weighted by molar-refractivity contribution is -0.119. The van der Waals surface area contributed by atoms with Crippen molar-refractivity contribution in [3.05, 3.63) is 59.4 Å². The number of hydrogen-bond acceptors (Lipinski definition) is 6. The Bertz CT molecular complexity index is 840. The molecule has 1 atom stereocenters. The smallest absolute Gasteiger partial charge is 0.230 e. The number of nitrogens with one attached hydrogen (secondary N) is 1. The summed E-state index contributed by atoms with van der Waals surface area (Å²) in [5.41, 5.74) is 1.59. The van der Waals surface area contributed by atoms with Crippen molar-refractivity contribution in [2.45, 2.75) is 18.1 Å². The van der Waals surface area contributed by atoms with Gasteiger partial charge in [-0.2, -0.15) is 5.10 Å². The van der Waals surface area contributed by atoms with Gasteiger partial charge in [0, 0.05) is 0 Å². The molecule has 1 amide bonds. The molecule has 0 saturated carbocycles. The molecule has 3 rings (SSSR count). The minimum atomic E-state index is -0.298. The summed E-state index contributed by atoms with van der Waals surface area (Å²) in [6.07, 6.45) is 1.60. The molecule has 3 aromatic rings. The third-order valence-electron chi connectivity index (χ3n) is 3.39. The van der Waals surface area contributed by atoms with Crippen LogP contribution in [0.1, 0.15) is 18.5 Å². The van der Waals surface area contributed by atoms with Crippen LogP contribution < -0.4 is 5.32 Å². The minimum Gasteiger partial charge on any atom is -0.349 e. The molecule has 2 heterocycles. The Morgan fingerprint density at radius 2 is 2.12 bits per heavy atom. The molecule has 0 aliphatic rings. The van der Waals surface area contributed by atoms with Crippen LogP contribution in [0.15, 0.2) is 53.1 Å². The number of nitrogens with zero attached hydrogens (tertiary/aromatic N) is 3. The molecule has 0 radical (unpaired) electrons. The molecule has 25 heavy (non-hydrogen) atoms. The fraction of sp³-hybridized carbons (Fsp3) is 0.176. The quantitative estimate of drug-likeness (QED) is 0.666. The van der Waals surface area contributed by atoms with Gasteiger partial charge in [0.25, 0.3) is 0 Å². The van der Waals surface area contributed by atoms with Gasteiger partial charge in [0.1, 0.15) is 11.5 Å². The number of hydrogen-bond donors (Lipinski definition) is 1. The number of rotatable bonds is 6. The summed E-state index contributed by atoms with van der Waals surface area (Å²) >= 11 is 2.80. The van der Waals surface area contributed by atoms with E-state index < -0.39 is 0 Å². The zero-order valence-corrected chi connectivity index (χ0v) is 15.0. The molecule has 0 unspecified atom stereocenters. The first-order valence-electron chi connectivity index (χ1n) is 7.53. The van der Waals surface area contributed by atoms with E-state index in [-0.39, 0.29) is 23.5 Å². The van der Waals surface area contributed by atoms with Crippen LogP contribution in [0.5, 0.6) is 0 Å². The highest BCUT2D eigenvalue weighted by molar-refractivity contribution is 7.99. The lowest BCUT2D eigenvalue weighted by Gasteiger charge is -2.14. The van der Waals surface area contributed by atoms with Crippen molar-refractivity contribution >= 4 is 29.0 Å². The second-order valence-electron chi connectivity index (χ2n) is 5.23. The Morgan fingerprint density at radius 1 is 1.32 bits per heavy atom. The first-order valence-corrected chi connectivity index (χ1v) is 9.39. The van der Waals surface area contributed by atoms with Gasteiger partial charge in [0.2, 0.25) is 11.1 Å². The summed E-state index contributed by atoms with van der Waals surface area (Å²) in [7, 11) is 0. The monoisotopic (exact) mass is 374 g/mol. The highest BCUT2D eigenvalue weighted by atomic mass is 32.2. The van der Waals surface area contributed by atoms with Crippen LogP contribution in [0.3, 0.4) is 0 Å². The molecule has 1 N–H and O–H groups in total. The minimum absolute atomic E-state index is 0.146. The van der Waals surface area contributed by atoms with Crippen LogP contribution in [0.4, 0.5) is 4.39 Å². The van der Waals surface area contributed by atoms with Gasteiger partial charge < -0.3 is 5.32 Å². The van der Waals surface area contributed by atoms with Crippen LogP contribution in [-0.4, -0.2) is 26.8 Å². The second kappa shape index (κ2) is 8.17. The number of amides is 1. The molecule has 5 nitrogen and oxygen atoms in total. The first-order chi connectivity index (χ1) is 12.1. The molecule has 0 fully saturated rings. The number of carbonyl (C=O) groups is 1. The van der Waals surface area contributed by atoms with Crippen molar-refractivity contribution in [1.29, 1.82) is 0 Å². The number of thiophene rings is 1. The summed E-state index contributed by atoms with van der Waals surface area (Å²) in [6, 6.07) is 9.77. The van der Waals surface area contributed by atoms with Crippen molar-refractivity contribution in [1.82, 2.24) is 20.5 Å². The van der Waals surface area contributed by atoms with Crippen LogP contribution in [-0.2, 0) is 4.79 Å². The zero-order valence-electron chi connectivity index (χ0n) is 13.3. The first kappa shape index (κ1) is 17.5. The molecular formula is C17H15FN4OS2. The lowest BCUT2D eigenvalue weighted by Crippen LogP contribution is -2.28. The van der Waals surface area contributed by atoms with Crippen LogP contribution in [0, 0.1) is 5.82 Å². The van der Waals surface area contributed by atoms with Crippen molar-refractivity contribution < 1.29 is 9.18 Å². The van der Waals surface area contributed by atoms with E-state index in [0.29, 0.717) is 5.16 Å². The molecule has 0 aliphatic carbocycles. The van der Waals surface area contributed by atoms with Crippen molar-refractivity contribution in [2.75, 3.05) is 5.75 Å². The fourth-order valence-corrected chi connectivity index (χ4v) is 3.43. The maximum atomic E-state index is 12.9. The summed E-state index contributed by atoms with van der Waals surface area (Å²) in [5.74, 6) is -0.263. The summed E-state index contributed by atoms with van der Waals surface area (Å²) in [6.45, 7) is 1.85. The summed E-state index contributed by atoms with van der Waals surface area (Å²) in [4.78, 5) is 17.5. The van der Waals surface area contributed by atoms with E-state index in [0.717, 1.165) is 16.1 Å². The fourth-order valence-electron chi connectivity index (χ4n) is 2.14. The maximum Gasteiger partial charge on any atom is 0.230 e. The summed E-state index contributed by atoms with van der Waals surface area (Å²) < 4.78 is 12.9. The number of aromatic nitrogens is 3. The lowest BCUT2D eigenvalue weighted by atomic mass is 10.1. The van der Waals surface area contributed by atoms with Gasteiger partial charge >= 0.3 is 0 Å². The molecule has 128 valence electrons. The van der Waals surface area contributed by atoms with Gasteiger partial charge in [-0.15, -0.1) is 16.4 Å². The van der Waals surface area contributed by atoms with E-state index in [2.05, 4.69) is 20.5 Å².